The van der Waals surface area contributed by atoms with E-state index >= 15 is 0 Å². The molecule has 2 atom stereocenters. The Balaban J connectivity index is 2.26. The van der Waals surface area contributed by atoms with Gasteiger partial charge in [-0.2, -0.15) is 0 Å². The molecule has 2 aromatic rings. The van der Waals surface area contributed by atoms with E-state index in [0.717, 1.165) is 5.02 Å². The molecule has 3 heteroatoms. The lowest BCUT2D eigenvalue weighted by atomic mass is 10.1. The quantitative estimate of drug-likeness (QED) is 0.817. The summed E-state index contributed by atoms with van der Waals surface area (Å²) in [6, 6.07) is 16.4. The summed E-state index contributed by atoms with van der Waals surface area (Å²) < 4.78 is 0. The van der Waals surface area contributed by atoms with Crippen molar-refractivity contribution in [3.05, 3.63) is 64.7 Å². The lowest BCUT2D eigenvalue weighted by molar-refractivity contribution is 0.721. The van der Waals surface area contributed by atoms with Crippen molar-refractivity contribution in [2.24, 2.45) is 5.73 Å². The van der Waals surface area contributed by atoms with Crippen molar-refractivity contribution in [1.82, 2.24) is 0 Å². The Kier molecular flexibility index (Phi) is 4.92. The first-order valence-corrected chi connectivity index (χ1v) is 7.57. The molecule has 2 unspecified atom stereocenters. The number of aryl methyl sites for hydroxylation is 1. The normalized spacial score (nSPS) is 14.1. The molecular formula is C16H18ClNS. The van der Waals surface area contributed by atoms with E-state index in [9.17, 15) is 0 Å². The molecule has 0 aliphatic carbocycles. The first-order valence-electron chi connectivity index (χ1n) is 6.31. The van der Waals surface area contributed by atoms with Gasteiger partial charge in [-0.05, 0) is 43.2 Å². The average molecular weight is 292 g/mol. The molecule has 2 aromatic carbocycles. The van der Waals surface area contributed by atoms with Gasteiger partial charge in [-0.1, -0.05) is 41.9 Å². The van der Waals surface area contributed by atoms with Crippen molar-refractivity contribution in [2.45, 2.75) is 30.0 Å². The summed E-state index contributed by atoms with van der Waals surface area (Å²) in [6.45, 7) is 4.17. The maximum atomic E-state index is 6.15. The number of hydrogen-bond donors (Lipinski definition) is 1. The maximum Gasteiger partial charge on any atom is 0.0492 e. The maximum absolute atomic E-state index is 6.15. The van der Waals surface area contributed by atoms with Crippen LogP contribution >= 0.6 is 23.4 Å². The number of thioether (sulfide) groups is 1. The fourth-order valence-corrected chi connectivity index (χ4v) is 3.28. The van der Waals surface area contributed by atoms with Crippen molar-refractivity contribution in [3.8, 4) is 0 Å². The second kappa shape index (κ2) is 6.47. The fraction of sp³-hybridized carbons (Fsp3) is 0.250. The van der Waals surface area contributed by atoms with E-state index in [2.05, 4.69) is 43.3 Å². The first kappa shape index (κ1) is 14.4. The Hall–Kier alpha value is -0.960. The molecule has 100 valence electrons. The van der Waals surface area contributed by atoms with Gasteiger partial charge < -0.3 is 5.73 Å². The van der Waals surface area contributed by atoms with Gasteiger partial charge in [0.1, 0.15) is 0 Å². The molecule has 2 rings (SSSR count). The molecule has 2 N–H and O–H groups in total. The molecule has 19 heavy (non-hydrogen) atoms. The van der Waals surface area contributed by atoms with Crippen molar-refractivity contribution in [3.63, 3.8) is 0 Å². The van der Waals surface area contributed by atoms with E-state index in [-0.39, 0.29) is 11.3 Å². The lowest BCUT2D eigenvalue weighted by Gasteiger charge is -2.21. The molecule has 0 aliphatic heterocycles. The Bertz CT molecular complexity index is 537. The summed E-state index contributed by atoms with van der Waals surface area (Å²) in [4.78, 5) is 1.28. The van der Waals surface area contributed by atoms with Crippen LogP contribution < -0.4 is 5.73 Å². The van der Waals surface area contributed by atoms with Gasteiger partial charge in [-0.15, -0.1) is 11.8 Å². The number of nitrogens with two attached hydrogens (primary N) is 1. The van der Waals surface area contributed by atoms with Crippen LogP contribution in [0.1, 0.15) is 23.3 Å². The first-order chi connectivity index (χ1) is 9.08. The van der Waals surface area contributed by atoms with Crippen LogP contribution in [0.25, 0.3) is 0 Å². The molecule has 0 heterocycles. The van der Waals surface area contributed by atoms with E-state index in [4.69, 9.17) is 17.3 Å². The molecule has 0 bridgehead atoms. The molecule has 0 saturated carbocycles. The molecule has 0 spiro atoms. The highest BCUT2D eigenvalue weighted by Gasteiger charge is 2.18. The van der Waals surface area contributed by atoms with Crippen LogP contribution in [0.5, 0.6) is 0 Å². The summed E-state index contributed by atoms with van der Waals surface area (Å²) in [5.41, 5.74) is 8.65. The lowest BCUT2D eigenvalue weighted by Crippen LogP contribution is -2.22. The minimum atomic E-state index is 0.0748. The third kappa shape index (κ3) is 3.75. The molecule has 0 radical (unpaired) electrons. The van der Waals surface area contributed by atoms with E-state index in [1.807, 2.05) is 30.8 Å². The SMILES string of the molecule is Cc1ccccc1SC(c1ccc(Cl)cc1)C(C)N. The van der Waals surface area contributed by atoms with Gasteiger partial charge in [0.05, 0.1) is 0 Å². The average Bonchev–Trinajstić information content (AvgIpc) is 2.39. The minimum Gasteiger partial charge on any atom is -0.327 e. The third-order valence-electron chi connectivity index (χ3n) is 3.02. The van der Waals surface area contributed by atoms with Gasteiger partial charge in [0, 0.05) is 21.2 Å². The zero-order valence-corrected chi connectivity index (χ0v) is 12.7. The van der Waals surface area contributed by atoms with Crippen molar-refractivity contribution >= 4 is 23.4 Å². The largest absolute Gasteiger partial charge is 0.327 e. The van der Waals surface area contributed by atoms with Gasteiger partial charge in [0.15, 0.2) is 0 Å². The van der Waals surface area contributed by atoms with E-state index < -0.39 is 0 Å². The Labute approximate surface area is 124 Å². The highest BCUT2D eigenvalue weighted by atomic mass is 35.5. The minimum absolute atomic E-state index is 0.0748. The van der Waals surface area contributed by atoms with Crippen LogP contribution in [0.2, 0.25) is 5.02 Å². The molecular weight excluding hydrogens is 274 g/mol. The predicted octanol–water partition coefficient (Wildman–Crippen LogP) is 4.83. The van der Waals surface area contributed by atoms with Crippen LogP contribution in [0.4, 0.5) is 0 Å². The number of rotatable bonds is 4. The topological polar surface area (TPSA) is 26.0 Å². The molecule has 1 nitrogen and oxygen atoms in total. The summed E-state index contributed by atoms with van der Waals surface area (Å²) in [5, 5.41) is 0.992. The van der Waals surface area contributed by atoms with Gasteiger partial charge in [0.25, 0.3) is 0 Å². The van der Waals surface area contributed by atoms with Gasteiger partial charge in [-0.3, -0.25) is 0 Å². The van der Waals surface area contributed by atoms with Crippen LogP contribution in [0, 0.1) is 6.92 Å². The standard InChI is InChI=1S/C16H18ClNS/c1-11-5-3-4-6-15(11)19-16(12(2)18)13-7-9-14(17)10-8-13/h3-10,12,16H,18H2,1-2H3. The van der Waals surface area contributed by atoms with Crippen molar-refractivity contribution in [2.75, 3.05) is 0 Å². The van der Waals surface area contributed by atoms with Crippen LogP contribution in [-0.2, 0) is 0 Å². The van der Waals surface area contributed by atoms with Crippen molar-refractivity contribution in [1.29, 1.82) is 0 Å². The Morgan fingerprint density at radius 1 is 1.05 bits per heavy atom. The molecule has 0 saturated heterocycles. The summed E-state index contributed by atoms with van der Waals surface area (Å²) in [5.74, 6) is 0. The zero-order valence-electron chi connectivity index (χ0n) is 11.1. The molecule has 0 aliphatic rings. The van der Waals surface area contributed by atoms with Crippen LogP contribution in [0.3, 0.4) is 0 Å². The van der Waals surface area contributed by atoms with Crippen molar-refractivity contribution < 1.29 is 0 Å². The van der Waals surface area contributed by atoms with Gasteiger partial charge in [0.2, 0.25) is 0 Å². The predicted molar refractivity (Wildman–Crippen MR) is 84.9 cm³/mol. The Morgan fingerprint density at radius 3 is 2.26 bits per heavy atom. The van der Waals surface area contributed by atoms with Crippen LogP contribution in [-0.4, -0.2) is 6.04 Å². The monoisotopic (exact) mass is 291 g/mol. The zero-order chi connectivity index (χ0) is 13.8. The molecule has 0 aromatic heterocycles. The highest BCUT2D eigenvalue weighted by molar-refractivity contribution is 7.99. The second-order valence-corrected chi connectivity index (χ2v) is 6.33. The summed E-state index contributed by atoms with van der Waals surface area (Å²) in [6.07, 6.45) is 0. The third-order valence-corrected chi connectivity index (χ3v) is 4.94. The Morgan fingerprint density at radius 2 is 1.68 bits per heavy atom. The number of hydrogen-bond acceptors (Lipinski definition) is 2. The summed E-state index contributed by atoms with van der Waals surface area (Å²) in [7, 11) is 0. The molecule has 0 fully saturated rings. The summed E-state index contributed by atoms with van der Waals surface area (Å²) >= 11 is 7.76. The highest BCUT2D eigenvalue weighted by Crippen LogP contribution is 2.38. The number of halogens is 1. The van der Waals surface area contributed by atoms with Crippen LogP contribution in [0.15, 0.2) is 53.4 Å². The number of benzene rings is 2. The van der Waals surface area contributed by atoms with Gasteiger partial charge >= 0.3 is 0 Å². The second-order valence-electron chi connectivity index (χ2n) is 4.71. The van der Waals surface area contributed by atoms with E-state index in [0.29, 0.717) is 0 Å². The van der Waals surface area contributed by atoms with E-state index in [1.165, 1.54) is 16.0 Å². The van der Waals surface area contributed by atoms with E-state index in [1.54, 1.807) is 0 Å². The van der Waals surface area contributed by atoms with Gasteiger partial charge in [-0.25, -0.2) is 0 Å². The fourth-order valence-electron chi connectivity index (χ4n) is 1.96. The molecule has 0 amide bonds. The smallest absolute Gasteiger partial charge is 0.0492 e.